The van der Waals surface area contributed by atoms with Crippen LogP contribution in [0.15, 0.2) is 78.9 Å². The zero-order valence-corrected chi connectivity index (χ0v) is 13.0. The molecule has 0 saturated carbocycles. The van der Waals surface area contributed by atoms with Gasteiger partial charge < -0.3 is 5.32 Å². The minimum absolute atomic E-state index is 1.11. The molecule has 0 bridgehead atoms. The highest BCUT2D eigenvalue weighted by Gasteiger charge is 2.04. The summed E-state index contributed by atoms with van der Waals surface area (Å²) >= 11 is 2.33. The maximum Gasteiger partial charge on any atom is 0.0463 e. The molecule has 0 unspecified atom stereocenters. The Kier molecular flexibility index (Phi) is 4.02. The Labute approximate surface area is 132 Å². The van der Waals surface area contributed by atoms with Crippen LogP contribution in [0.5, 0.6) is 0 Å². The van der Waals surface area contributed by atoms with Gasteiger partial charge in [-0.1, -0.05) is 54.6 Å². The summed E-state index contributed by atoms with van der Waals surface area (Å²) in [7, 11) is 0. The summed E-state index contributed by atoms with van der Waals surface area (Å²) in [5.74, 6) is 0. The predicted molar refractivity (Wildman–Crippen MR) is 94.3 cm³/mol. The molecule has 0 aromatic heterocycles. The molecule has 0 saturated heterocycles. The van der Waals surface area contributed by atoms with Crippen molar-refractivity contribution in [3.63, 3.8) is 0 Å². The van der Waals surface area contributed by atoms with Crippen molar-refractivity contribution in [3.05, 3.63) is 82.4 Å². The van der Waals surface area contributed by atoms with Gasteiger partial charge in [0.2, 0.25) is 0 Å². The van der Waals surface area contributed by atoms with Gasteiger partial charge in [-0.15, -0.1) is 0 Å². The van der Waals surface area contributed by atoms with Gasteiger partial charge in [-0.3, -0.25) is 0 Å². The monoisotopic (exact) mass is 371 g/mol. The summed E-state index contributed by atoms with van der Waals surface area (Å²) in [6, 6.07) is 27.2. The standard InChI is InChI=1S/C18H14IN/c19-15-9-6-10-16(13-15)20-18-12-5-4-11-17(18)14-7-2-1-3-8-14/h1-13,20H. The molecule has 1 nitrogen and oxygen atoms in total. The maximum absolute atomic E-state index is 3.51. The lowest BCUT2D eigenvalue weighted by atomic mass is 10.0. The van der Waals surface area contributed by atoms with Crippen molar-refractivity contribution < 1.29 is 0 Å². The van der Waals surface area contributed by atoms with Crippen molar-refractivity contribution in [1.29, 1.82) is 0 Å². The van der Waals surface area contributed by atoms with E-state index < -0.39 is 0 Å². The summed E-state index contributed by atoms with van der Waals surface area (Å²) in [5.41, 5.74) is 4.68. The first-order valence-corrected chi connectivity index (χ1v) is 7.58. The van der Waals surface area contributed by atoms with E-state index in [4.69, 9.17) is 0 Å². The molecule has 0 amide bonds. The predicted octanol–water partition coefficient (Wildman–Crippen LogP) is 5.70. The smallest absolute Gasteiger partial charge is 0.0463 e. The van der Waals surface area contributed by atoms with Gasteiger partial charge in [-0.25, -0.2) is 0 Å². The molecule has 0 aliphatic rings. The molecule has 0 heterocycles. The van der Waals surface area contributed by atoms with Crippen LogP contribution in [0.3, 0.4) is 0 Å². The highest BCUT2D eigenvalue weighted by Crippen LogP contribution is 2.30. The Morgan fingerprint density at radius 2 is 1.45 bits per heavy atom. The number of benzene rings is 3. The topological polar surface area (TPSA) is 12.0 Å². The van der Waals surface area contributed by atoms with Crippen molar-refractivity contribution in [2.75, 3.05) is 5.32 Å². The summed E-state index contributed by atoms with van der Waals surface area (Å²) in [4.78, 5) is 0. The van der Waals surface area contributed by atoms with Crippen LogP contribution >= 0.6 is 22.6 Å². The fraction of sp³-hybridized carbons (Fsp3) is 0. The van der Waals surface area contributed by atoms with Gasteiger partial charge >= 0.3 is 0 Å². The minimum Gasteiger partial charge on any atom is -0.355 e. The first-order chi connectivity index (χ1) is 9.83. The molecule has 3 aromatic rings. The Hall–Kier alpha value is -1.81. The van der Waals surface area contributed by atoms with E-state index >= 15 is 0 Å². The SMILES string of the molecule is Ic1cccc(Nc2ccccc2-c2ccccc2)c1. The normalized spacial score (nSPS) is 10.2. The van der Waals surface area contributed by atoms with Gasteiger partial charge in [-0.2, -0.15) is 0 Å². The Morgan fingerprint density at radius 1 is 0.700 bits per heavy atom. The number of anilines is 2. The van der Waals surface area contributed by atoms with Crippen LogP contribution in [0.4, 0.5) is 11.4 Å². The second-order valence-corrected chi connectivity index (χ2v) is 5.79. The molecule has 1 N–H and O–H groups in total. The van der Waals surface area contributed by atoms with Crippen molar-refractivity contribution in [3.8, 4) is 11.1 Å². The lowest BCUT2D eigenvalue weighted by Crippen LogP contribution is -1.93. The molecule has 0 radical (unpaired) electrons. The van der Waals surface area contributed by atoms with E-state index in [0.717, 1.165) is 11.4 Å². The zero-order chi connectivity index (χ0) is 13.8. The molecule has 20 heavy (non-hydrogen) atoms. The Bertz CT molecular complexity index is 707. The van der Waals surface area contributed by atoms with Gasteiger partial charge in [0.05, 0.1) is 0 Å². The fourth-order valence-electron chi connectivity index (χ4n) is 2.18. The molecule has 0 aliphatic heterocycles. The van der Waals surface area contributed by atoms with E-state index in [0.29, 0.717) is 0 Å². The van der Waals surface area contributed by atoms with Crippen molar-refractivity contribution in [1.82, 2.24) is 0 Å². The molecule has 3 aromatic carbocycles. The number of rotatable bonds is 3. The third kappa shape index (κ3) is 3.02. The average molecular weight is 371 g/mol. The molecule has 0 fully saturated rings. The first-order valence-electron chi connectivity index (χ1n) is 6.50. The van der Waals surface area contributed by atoms with E-state index in [9.17, 15) is 0 Å². The number of halogens is 1. The molecular weight excluding hydrogens is 357 g/mol. The van der Waals surface area contributed by atoms with Crippen LogP contribution < -0.4 is 5.32 Å². The van der Waals surface area contributed by atoms with Gasteiger partial charge in [-0.05, 0) is 52.4 Å². The van der Waals surface area contributed by atoms with E-state index in [1.807, 2.05) is 6.07 Å². The number of hydrogen-bond acceptors (Lipinski definition) is 1. The molecule has 2 heteroatoms. The molecule has 98 valence electrons. The summed E-state index contributed by atoms with van der Waals surface area (Å²) in [6.07, 6.45) is 0. The van der Waals surface area contributed by atoms with Crippen LogP contribution in [-0.2, 0) is 0 Å². The van der Waals surface area contributed by atoms with Crippen molar-refractivity contribution in [2.45, 2.75) is 0 Å². The fourth-order valence-corrected chi connectivity index (χ4v) is 2.73. The molecule has 3 rings (SSSR count). The number of nitrogens with one attached hydrogen (secondary N) is 1. The van der Waals surface area contributed by atoms with Crippen LogP contribution in [0.25, 0.3) is 11.1 Å². The van der Waals surface area contributed by atoms with Gasteiger partial charge in [0.1, 0.15) is 0 Å². The molecule has 0 spiro atoms. The summed E-state index contributed by atoms with van der Waals surface area (Å²) in [6.45, 7) is 0. The van der Waals surface area contributed by atoms with E-state index in [-0.39, 0.29) is 0 Å². The van der Waals surface area contributed by atoms with Crippen LogP contribution in [0, 0.1) is 3.57 Å². The van der Waals surface area contributed by atoms with E-state index in [1.165, 1.54) is 14.7 Å². The summed E-state index contributed by atoms with van der Waals surface area (Å²) in [5, 5.41) is 3.51. The van der Waals surface area contributed by atoms with E-state index in [1.54, 1.807) is 0 Å². The Balaban J connectivity index is 1.99. The third-order valence-corrected chi connectivity index (χ3v) is 3.79. The van der Waals surface area contributed by atoms with Crippen molar-refractivity contribution >= 4 is 34.0 Å². The van der Waals surface area contributed by atoms with Gasteiger partial charge in [0, 0.05) is 20.5 Å². The van der Waals surface area contributed by atoms with Crippen LogP contribution in [0.1, 0.15) is 0 Å². The largest absolute Gasteiger partial charge is 0.355 e. The quantitative estimate of drug-likeness (QED) is 0.583. The lowest BCUT2D eigenvalue weighted by molar-refractivity contribution is 1.52. The van der Waals surface area contributed by atoms with Gasteiger partial charge in [0.25, 0.3) is 0 Å². The maximum atomic E-state index is 3.51. The molecule has 0 atom stereocenters. The second kappa shape index (κ2) is 6.09. The van der Waals surface area contributed by atoms with E-state index in [2.05, 4.69) is 101 Å². The zero-order valence-electron chi connectivity index (χ0n) is 10.9. The minimum atomic E-state index is 1.11. The average Bonchev–Trinajstić information content (AvgIpc) is 2.49. The molecular formula is C18H14IN. The van der Waals surface area contributed by atoms with Crippen molar-refractivity contribution in [2.24, 2.45) is 0 Å². The number of para-hydroxylation sites is 1. The van der Waals surface area contributed by atoms with Crippen LogP contribution in [-0.4, -0.2) is 0 Å². The summed E-state index contributed by atoms with van der Waals surface area (Å²) < 4.78 is 1.23. The lowest BCUT2D eigenvalue weighted by Gasteiger charge is -2.12. The highest BCUT2D eigenvalue weighted by atomic mass is 127. The molecule has 0 aliphatic carbocycles. The Morgan fingerprint density at radius 3 is 2.25 bits per heavy atom. The van der Waals surface area contributed by atoms with Crippen LogP contribution in [0.2, 0.25) is 0 Å². The highest BCUT2D eigenvalue weighted by molar-refractivity contribution is 14.1. The first kappa shape index (κ1) is 13.2. The third-order valence-electron chi connectivity index (χ3n) is 3.12. The number of hydrogen-bond donors (Lipinski definition) is 1. The van der Waals surface area contributed by atoms with Gasteiger partial charge in [0.15, 0.2) is 0 Å². The second-order valence-electron chi connectivity index (χ2n) is 4.55.